The number of carbonyl (C=O) groups is 2. The summed E-state index contributed by atoms with van der Waals surface area (Å²) in [5.74, 6) is -60.3. The lowest BCUT2D eigenvalue weighted by Crippen LogP contribution is -2.74. The van der Waals surface area contributed by atoms with Gasteiger partial charge in [-0.05, 0) is 78.2 Å². The summed E-state index contributed by atoms with van der Waals surface area (Å²) in [6, 6.07) is 6.48. The highest BCUT2D eigenvalue weighted by atomic mass is 28.4. The first kappa shape index (κ1) is 61.4. The van der Waals surface area contributed by atoms with E-state index in [0.29, 0.717) is 30.0 Å². The molecule has 70 heavy (non-hydrogen) atoms. The number of hydrogen-bond acceptors (Lipinski definition) is 6. The van der Waals surface area contributed by atoms with Crippen LogP contribution in [0.4, 0.5) is 93.9 Å². The summed E-state index contributed by atoms with van der Waals surface area (Å²) < 4.78 is 281. The zero-order chi connectivity index (χ0) is 54.3. The molecule has 3 N–H and O–H groups in total. The smallest absolute Gasteiger partial charge is 0.460 e. The number of hydrogen-bond donors (Lipinski definition) is 3. The monoisotopic (exact) mass is 1060 g/mol. The van der Waals surface area contributed by atoms with Crippen molar-refractivity contribution in [3.05, 3.63) is 83.5 Å². The molecule has 0 aliphatic rings. The number of carbonyl (C=O) groups excluding carboxylic acids is 2. The Morgan fingerprint density at radius 2 is 1.23 bits per heavy atom. The Morgan fingerprint density at radius 1 is 0.714 bits per heavy atom. The van der Waals surface area contributed by atoms with Crippen molar-refractivity contribution in [2.75, 3.05) is 18.5 Å². The van der Waals surface area contributed by atoms with E-state index in [-0.39, 0.29) is 5.75 Å². The van der Waals surface area contributed by atoms with Gasteiger partial charge in [-0.15, -0.1) is 0 Å². The molecule has 398 valence electrons. The molecular formula is C42H47F19N2O6Si. The number of anilines is 1. The highest BCUT2D eigenvalue weighted by molar-refractivity contribution is 6.76. The second kappa shape index (κ2) is 22.8. The minimum absolute atomic E-state index is 0.0553. The van der Waals surface area contributed by atoms with Gasteiger partial charge in [-0.25, -0.2) is 19.1 Å². The van der Waals surface area contributed by atoms with Gasteiger partial charge in [-0.3, -0.25) is 15.3 Å². The van der Waals surface area contributed by atoms with Crippen molar-refractivity contribution >= 4 is 26.0 Å². The lowest BCUT2D eigenvalue weighted by atomic mass is 9.88. The topological polar surface area (TPSA) is 106 Å². The van der Waals surface area contributed by atoms with Gasteiger partial charge in [0.1, 0.15) is 30.1 Å². The molecule has 0 saturated heterocycles. The van der Waals surface area contributed by atoms with Gasteiger partial charge in [0.25, 0.3) is 5.91 Å². The first-order chi connectivity index (χ1) is 31.7. The summed E-state index contributed by atoms with van der Waals surface area (Å²) in [6.07, 6.45) is -7.66. The van der Waals surface area contributed by atoms with Gasteiger partial charge in [0.15, 0.2) is 8.32 Å². The molecule has 28 heteroatoms. The van der Waals surface area contributed by atoms with E-state index in [1.54, 1.807) is 26.0 Å². The fourth-order valence-electron chi connectivity index (χ4n) is 6.93. The molecule has 2 rings (SSSR count). The summed E-state index contributed by atoms with van der Waals surface area (Å²) in [4.78, 5) is 24.3. The summed E-state index contributed by atoms with van der Waals surface area (Å²) in [5, 5.41) is 10.8. The molecule has 0 fully saturated rings. The third-order valence-corrected chi connectivity index (χ3v) is 16.7. The minimum atomic E-state index is -8.72. The fourth-order valence-corrected chi connectivity index (χ4v) is 11.4. The second-order valence-corrected chi connectivity index (χ2v) is 21.6. The Balaban J connectivity index is 2.31. The van der Waals surface area contributed by atoms with E-state index in [1.165, 1.54) is 57.4 Å². The maximum Gasteiger partial charge on any atom is 0.460 e. The van der Waals surface area contributed by atoms with Crippen LogP contribution in [0.15, 0.2) is 66.3 Å². The average Bonchev–Trinajstić information content (AvgIpc) is 3.24. The lowest BCUT2D eigenvalue weighted by molar-refractivity contribution is -0.461. The van der Waals surface area contributed by atoms with Crippen molar-refractivity contribution < 1.29 is 112 Å². The average molecular weight is 1060 g/mol. The van der Waals surface area contributed by atoms with Crippen LogP contribution in [-0.4, -0.2) is 86.4 Å². The Kier molecular flexibility index (Phi) is 20.0. The van der Waals surface area contributed by atoms with E-state index < -0.39 is 134 Å². The van der Waals surface area contributed by atoms with Crippen molar-refractivity contribution in [3.63, 3.8) is 0 Å². The molecule has 2 aromatic carbocycles. The number of allylic oxidation sites excluding steroid dienone is 3. The highest BCUT2D eigenvalue weighted by Gasteiger charge is 2.95. The van der Waals surface area contributed by atoms with Gasteiger partial charge in [0.05, 0.1) is 12.3 Å². The van der Waals surface area contributed by atoms with Crippen LogP contribution in [0.25, 0.3) is 0 Å². The van der Waals surface area contributed by atoms with Crippen LogP contribution < -0.4 is 15.5 Å². The van der Waals surface area contributed by atoms with E-state index in [2.05, 4.69) is 5.32 Å². The van der Waals surface area contributed by atoms with Crippen molar-refractivity contribution in [1.29, 1.82) is 0 Å². The molecule has 0 saturated carbocycles. The molecule has 0 heterocycles. The minimum Gasteiger partial charge on any atom is -0.491 e. The molecule has 2 amide bonds. The molecular weight excluding hydrogens is 1020 g/mol. The van der Waals surface area contributed by atoms with E-state index in [0.717, 1.165) is 18.2 Å². The Bertz CT molecular complexity index is 2130. The number of rotatable bonds is 25. The highest BCUT2D eigenvalue weighted by Crippen LogP contribution is 2.64. The van der Waals surface area contributed by atoms with E-state index >= 15 is 8.78 Å². The van der Waals surface area contributed by atoms with Gasteiger partial charge in [0, 0.05) is 18.6 Å². The third-order valence-electron chi connectivity index (χ3n) is 11.1. The Morgan fingerprint density at radius 3 is 1.71 bits per heavy atom. The summed E-state index contributed by atoms with van der Waals surface area (Å²) in [5.41, 5.74) is -0.0437. The van der Waals surface area contributed by atoms with Crippen LogP contribution in [0.1, 0.15) is 72.5 Å². The number of amides is 2. The number of alkyl halides is 17. The lowest BCUT2D eigenvalue weighted by Gasteiger charge is -2.44. The fraction of sp³-hybridized carbons (Fsp3) is 0.571. The quantitative estimate of drug-likeness (QED) is 0.0174. The summed E-state index contributed by atoms with van der Waals surface area (Å²) in [6.45, 7) is 7.35. The predicted octanol–water partition coefficient (Wildman–Crippen LogP) is 14.2. The maximum absolute atomic E-state index is 15.0. The van der Waals surface area contributed by atoms with Crippen molar-refractivity contribution in [1.82, 2.24) is 5.48 Å². The normalized spacial score (nSPS) is 15.1. The van der Waals surface area contributed by atoms with Gasteiger partial charge < -0.3 is 13.9 Å². The first-order valence-electron chi connectivity index (χ1n) is 20.5. The number of hydroxylamine groups is 1. The molecule has 2 aromatic rings. The van der Waals surface area contributed by atoms with Crippen LogP contribution in [0.2, 0.25) is 17.1 Å². The van der Waals surface area contributed by atoms with E-state index in [1.807, 2.05) is 0 Å². The largest absolute Gasteiger partial charge is 0.491 e. The first-order valence-corrected chi connectivity index (χ1v) is 22.8. The number of ether oxygens (including phenoxy) is 2. The number of nitrogens with one attached hydrogen (secondary N) is 2. The zero-order valence-corrected chi connectivity index (χ0v) is 38.5. The van der Waals surface area contributed by atoms with Crippen molar-refractivity contribution in [2.45, 2.75) is 132 Å². The van der Waals surface area contributed by atoms with Gasteiger partial charge in [0.2, 0.25) is 0 Å². The standard InChI is InChI=1S/C42H47F19N2O6Si/c1-23(2)70(24(3)4,20-17-35(45,46)36(47,48)37(49,50)38(51,52)39(53,54)40(55,56)41(57,58)42(59,60)61)68-19-18-67-29-14-11-27(12-15-29)33(26(6)10-8-7-9-25(5)21-32(64)63-66)69-34(65)62-31-16-13-28(43)22-30(31)44/h7,9,11-16,21-24,26,33,66H,8,10,17-20H2,1-6H3,(H,62,65)(H,63,64)/b9-7+,25-21+/t26-,33-/m1/s1. The van der Waals surface area contributed by atoms with Crippen LogP contribution >= 0.6 is 0 Å². The molecule has 0 aliphatic carbocycles. The number of halogens is 19. The summed E-state index contributed by atoms with van der Waals surface area (Å²) >= 11 is 0. The number of benzene rings is 2. The van der Waals surface area contributed by atoms with Crippen LogP contribution in [0, 0.1) is 17.6 Å². The third kappa shape index (κ3) is 13.0. The van der Waals surface area contributed by atoms with Gasteiger partial charge in [-0.2, -0.15) is 74.6 Å². The second-order valence-electron chi connectivity index (χ2n) is 16.6. The van der Waals surface area contributed by atoms with Gasteiger partial charge >= 0.3 is 53.7 Å². The van der Waals surface area contributed by atoms with E-state index in [4.69, 9.17) is 19.1 Å². The molecule has 0 bridgehead atoms. The van der Waals surface area contributed by atoms with Crippen LogP contribution in [0.3, 0.4) is 0 Å². The van der Waals surface area contributed by atoms with E-state index in [9.17, 15) is 84.2 Å². The van der Waals surface area contributed by atoms with Crippen LogP contribution in [-0.2, 0) is 14.0 Å². The molecule has 0 aliphatic heterocycles. The molecule has 8 nitrogen and oxygen atoms in total. The Hall–Kier alpha value is -4.73. The zero-order valence-electron chi connectivity index (χ0n) is 37.5. The predicted molar refractivity (Wildman–Crippen MR) is 214 cm³/mol. The molecule has 2 atom stereocenters. The molecule has 0 aromatic heterocycles. The van der Waals surface area contributed by atoms with Crippen molar-refractivity contribution in [3.8, 4) is 5.75 Å². The Labute approximate surface area is 388 Å². The van der Waals surface area contributed by atoms with Crippen molar-refractivity contribution in [2.24, 2.45) is 5.92 Å². The molecule has 0 spiro atoms. The molecule has 0 unspecified atom stereocenters. The van der Waals surface area contributed by atoms with Gasteiger partial charge in [-0.1, -0.05) is 58.9 Å². The SMILES string of the molecule is CC(/C=C/CC[C@@H](C)[C@@H](OC(=O)Nc1ccc(F)cc1F)c1ccc(OCCO[Si](CCC(F)(F)C(F)(F)C(F)(F)C(F)(F)C(F)(F)C(F)(F)C(F)(F)C(F)(F)F)(C(C)C)C(C)C)cc1)=C\C(=O)NO. The summed E-state index contributed by atoms with van der Waals surface area (Å²) in [7, 11) is -4.06. The molecule has 0 radical (unpaired) electrons. The van der Waals surface area contributed by atoms with Crippen LogP contribution in [0.5, 0.6) is 5.75 Å². The maximum atomic E-state index is 15.0.